The van der Waals surface area contributed by atoms with E-state index in [-0.39, 0.29) is 11.4 Å². The maximum absolute atomic E-state index is 12.5. The van der Waals surface area contributed by atoms with E-state index in [1.807, 2.05) is 31.2 Å². The van der Waals surface area contributed by atoms with Crippen LogP contribution in [-0.4, -0.2) is 61.6 Å². The number of aromatic nitrogens is 3. The highest BCUT2D eigenvalue weighted by Gasteiger charge is 2.47. The number of carbonyl (C=O) groups is 2. The van der Waals surface area contributed by atoms with E-state index in [0.29, 0.717) is 13.0 Å². The Morgan fingerprint density at radius 3 is 2.31 bits per heavy atom. The first kappa shape index (κ1) is 23.4. The number of halogens is 3. The molecule has 2 fully saturated rings. The Morgan fingerprint density at radius 2 is 1.75 bits per heavy atom. The van der Waals surface area contributed by atoms with Gasteiger partial charge in [-0.25, -0.2) is 14.8 Å². The molecule has 11 heteroatoms. The van der Waals surface area contributed by atoms with Gasteiger partial charge in [0.05, 0.1) is 12.2 Å². The van der Waals surface area contributed by atoms with Crippen molar-refractivity contribution in [3.8, 4) is 0 Å². The number of pyridine rings is 1. The van der Waals surface area contributed by atoms with E-state index in [0.717, 1.165) is 49.7 Å². The topological polar surface area (TPSA) is 99.5 Å². The quantitative estimate of drug-likeness (QED) is 0.766. The lowest BCUT2D eigenvalue weighted by Crippen LogP contribution is -2.53. The predicted octanol–water partition coefficient (Wildman–Crippen LogP) is 2.97. The highest BCUT2D eigenvalue weighted by atomic mass is 19.4. The van der Waals surface area contributed by atoms with Crippen molar-refractivity contribution >= 4 is 17.8 Å². The van der Waals surface area contributed by atoms with Crippen molar-refractivity contribution in [3.05, 3.63) is 48.0 Å². The van der Waals surface area contributed by atoms with Crippen molar-refractivity contribution in [2.45, 2.75) is 50.9 Å². The molecular weight excluding hydrogens is 427 g/mol. The first-order valence-electron chi connectivity index (χ1n) is 10.2. The second-order valence-corrected chi connectivity index (χ2v) is 7.81. The van der Waals surface area contributed by atoms with Gasteiger partial charge in [-0.2, -0.15) is 13.2 Å². The summed E-state index contributed by atoms with van der Waals surface area (Å²) in [4.78, 5) is 39.0. The first-order chi connectivity index (χ1) is 15.1. The maximum atomic E-state index is 12.5. The van der Waals surface area contributed by atoms with E-state index in [1.165, 1.54) is 0 Å². The zero-order valence-electron chi connectivity index (χ0n) is 17.5. The summed E-state index contributed by atoms with van der Waals surface area (Å²) in [5, 5.41) is 7.12. The molecule has 0 unspecified atom stereocenters. The van der Waals surface area contributed by atoms with Gasteiger partial charge >= 0.3 is 12.1 Å². The highest BCUT2D eigenvalue weighted by molar-refractivity contribution is 5.79. The Bertz CT molecular complexity index is 947. The average Bonchev–Trinajstić information content (AvgIpc) is 3.04. The van der Waals surface area contributed by atoms with Gasteiger partial charge in [-0.15, -0.1) is 0 Å². The average molecular weight is 451 g/mol. The monoisotopic (exact) mass is 451 g/mol. The number of aryl methyl sites for hydroxylation is 1. The van der Waals surface area contributed by atoms with E-state index in [4.69, 9.17) is 9.90 Å². The minimum Gasteiger partial charge on any atom is -0.475 e. The fourth-order valence-electron chi connectivity index (χ4n) is 4.08. The lowest BCUT2D eigenvalue weighted by atomic mass is 9.85. The van der Waals surface area contributed by atoms with Gasteiger partial charge in [0, 0.05) is 43.1 Å². The number of amides is 1. The minimum absolute atomic E-state index is 0.0339. The van der Waals surface area contributed by atoms with Crippen LogP contribution in [0.25, 0.3) is 0 Å². The van der Waals surface area contributed by atoms with E-state index in [9.17, 15) is 18.0 Å². The van der Waals surface area contributed by atoms with Gasteiger partial charge in [0.1, 0.15) is 0 Å². The van der Waals surface area contributed by atoms with E-state index in [1.54, 1.807) is 12.4 Å². The summed E-state index contributed by atoms with van der Waals surface area (Å²) in [6.45, 7) is 4.37. The Kier molecular flexibility index (Phi) is 6.95. The Balaban J connectivity index is 0.000000360. The lowest BCUT2D eigenvalue weighted by Gasteiger charge is -2.44. The number of likely N-dealkylation sites (tertiary alicyclic amines) is 1. The van der Waals surface area contributed by atoms with Gasteiger partial charge in [-0.1, -0.05) is 6.07 Å². The fourth-order valence-corrected chi connectivity index (χ4v) is 4.08. The number of alkyl halides is 3. The molecule has 1 spiro atoms. The van der Waals surface area contributed by atoms with Crippen molar-refractivity contribution in [1.29, 1.82) is 0 Å². The number of piperidine rings is 1. The number of rotatable bonds is 3. The lowest BCUT2D eigenvalue weighted by molar-refractivity contribution is -0.192. The van der Waals surface area contributed by atoms with Crippen LogP contribution in [0.15, 0.2) is 36.7 Å². The van der Waals surface area contributed by atoms with Gasteiger partial charge in [0.2, 0.25) is 11.9 Å². The highest BCUT2D eigenvalue weighted by Crippen LogP contribution is 2.40. The van der Waals surface area contributed by atoms with Crippen LogP contribution in [0.1, 0.15) is 37.1 Å². The molecule has 2 aliphatic rings. The molecule has 4 heterocycles. The molecule has 8 nitrogen and oxygen atoms in total. The summed E-state index contributed by atoms with van der Waals surface area (Å²) >= 11 is 0. The number of anilines is 1. The normalized spacial score (nSPS) is 17.8. The zero-order chi connectivity index (χ0) is 23.4. The minimum atomic E-state index is -5.08. The molecule has 0 saturated carbocycles. The Morgan fingerprint density at radius 1 is 1.12 bits per heavy atom. The van der Waals surface area contributed by atoms with Crippen LogP contribution in [0.2, 0.25) is 0 Å². The van der Waals surface area contributed by atoms with Gasteiger partial charge in [-0.3, -0.25) is 9.78 Å². The van der Waals surface area contributed by atoms with Crippen LogP contribution in [0, 0.1) is 6.92 Å². The van der Waals surface area contributed by atoms with Crippen LogP contribution in [0.4, 0.5) is 19.1 Å². The van der Waals surface area contributed by atoms with Crippen LogP contribution in [-0.2, 0) is 16.1 Å². The molecule has 1 amide bonds. The summed E-state index contributed by atoms with van der Waals surface area (Å²) in [5.41, 5.74) is 1.94. The van der Waals surface area contributed by atoms with E-state index < -0.39 is 12.1 Å². The van der Waals surface area contributed by atoms with Crippen molar-refractivity contribution in [1.82, 2.24) is 19.9 Å². The molecule has 2 aromatic heterocycles. The van der Waals surface area contributed by atoms with Gasteiger partial charge in [0.15, 0.2) is 0 Å². The largest absolute Gasteiger partial charge is 0.490 e. The zero-order valence-corrected chi connectivity index (χ0v) is 17.5. The SMILES string of the molecule is Cc1cccc(CN2C(=O)CCC23CCN(c2ncccn2)CC3)n1.O=C(O)C(F)(F)F. The molecular formula is C21H24F3N5O3. The molecule has 0 atom stereocenters. The van der Waals surface area contributed by atoms with E-state index >= 15 is 0 Å². The number of aliphatic carboxylic acids is 1. The molecule has 4 rings (SSSR count). The Hall–Kier alpha value is -3.24. The molecule has 2 aromatic rings. The maximum Gasteiger partial charge on any atom is 0.490 e. The van der Waals surface area contributed by atoms with Crippen molar-refractivity contribution in [3.63, 3.8) is 0 Å². The number of carboxylic acids is 1. The summed E-state index contributed by atoms with van der Waals surface area (Å²) in [5.74, 6) is -1.71. The van der Waals surface area contributed by atoms with Crippen molar-refractivity contribution in [2.75, 3.05) is 18.0 Å². The summed E-state index contributed by atoms with van der Waals surface area (Å²) in [7, 11) is 0. The molecule has 0 aliphatic carbocycles. The van der Waals surface area contributed by atoms with Gasteiger partial charge in [-0.05, 0) is 44.4 Å². The summed E-state index contributed by atoms with van der Waals surface area (Å²) in [6.07, 6.45) is 1.99. The fraction of sp³-hybridized carbons (Fsp3) is 0.476. The molecule has 2 saturated heterocycles. The number of hydrogen-bond donors (Lipinski definition) is 1. The van der Waals surface area contributed by atoms with Gasteiger partial charge < -0.3 is 14.9 Å². The predicted molar refractivity (Wildman–Crippen MR) is 109 cm³/mol. The number of nitrogens with zero attached hydrogens (tertiary/aromatic N) is 5. The third-order valence-corrected chi connectivity index (χ3v) is 5.72. The molecule has 0 radical (unpaired) electrons. The number of hydrogen-bond acceptors (Lipinski definition) is 6. The molecule has 1 N–H and O–H groups in total. The molecule has 2 aliphatic heterocycles. The summed E-state index contributed by atoms with van der Waals surface area (Å²) in [6, 6.07) is 7.85. The van der Waals surface area contributed by atoms with E-state index in [2.05, 4.69) is 24.8 Å². The van der Waals surface area contributed by atoms with Crippen LogP contribution >= 0.6 is 0 Å². The standard InChI is InChI=1S/C19H23N5O.C2HF3O2/c1-15-4-2-5-16(22-15)14-24-17(25)6-7-19(24)8-12-23(13-9-19)18-20-10-3-11-21-18;3-2(4,5)1(6)7/h2-5,10-11H,6-9,12-14H2,1H3;(H,6,7). The molecule has 172 valence electrons. The van der Waals surface area contributed by atoms with Crippen LogP contribution < -0.4 is 4.90 Å². The number of carboxylic acid groups (broad SMARTS) is 1. The van der Waals surface area contributed by atoms with Crippen LogP contribution in [0.3, 0.4) is 0 Å². The second-order valence-electron chi connectivity index (χ2n) is 7.81. The smallest absolute Gasteiger partial charge is 0.475 e. The first-order valence-corrected chi connectivity index (χ1v) is 10.2. The second kappa shape index (κ2) is 9.49. The Labute approximate surface area is 183 Å². The summed E-state index contributed by atoms with van der Waals surface area (Å²) < 4.78 is 31.7. The van der Waals surface area contributed by atoms with Gasteiger partial charge in [0.25, 0.3) is 0 Å². The third-order valence-electron chi connectivity index (χ3n) is 5.72. The van der Waals surface area contributed by atoms with Crippen LogP contribution in [0.5, 0.6) is 0 Å². The number of carbonyl (C=O) groups excluding carboxylic acids is 1. The molecule has 0 bridgehead atoms. The molecule has 0 aromatic carbocycles. The van der Waals surface area contributed by atoms with Crippen molar-refractivity contribution < 1.29 is 27.9 Å². The van der Waals surface area contributed by atoms with Crippen molar-refractivity contribution in [2.24, 2.45) is 0 Å². The molecule has 32 heavy (non-hydrogen) atoms. The third kappa shape index (κ3) is 5.51.